The van der Waals surface area contributed by atoms with Gasteiger partial charge in [0.15, 0.2) is 0 Å². The number of rotatable bonds is 4. The molecule has 3 rings (SSSR count). The number of anilines is 1. The quantitative estimate of drug-likeness (QED) is 0.925. The number of morpholine rings is 1. The Morgan fingerprint density at radius 1 is 1.38 bits per heavy atom. The van der Waals surface area contributed by atoms with Crippen LogP contribution >= 0.6 is 12.4 Å². The Morgan fingerprint density at radius 2 is 2.24 bits per heavy atom. The average Bonchev–Trinajstić information content (AvgIpc) is 2.88. The van der Waals surface area contributed by atoms with Crippen LogP contribution in [0, 0.1) is 0 Å². The highest BCUT2D eigenvalue weighted by Gasteiger charge is 2.26. The third-order valence-electron chi connectivity index (χ3n) is 4.08. The summed E-state index contributed by atoms with van der Waals surface area (Å²) in [7, 11) is 1.74. The van der Waals surface area contributed by atoms with E-state index in [0.29, 0.717) is 6.61 Å². The summed E-state index contributed by atoms with van der Waals surface area (Å²) >= 11 is 0. The van der Waals surface area contributed by atoms with Crippen LogP contribution in [0.4, 0.5) is 5.69 Å². The number of para-hydroxylation sites is 1. The molecule has 2 heterocycles. The third kappa shape index (κ3) is 3.89. The van der Waals surface area contributed by atoms with Crippen molar-refractivity contribution in [3.05, 3.63) is 29.3 Å². The molecule has 0 saturated carbocycles. The van der Waals surface area contributed by atoms with Crippen molar-refractivity contribution in [2.45, 2.75) is 32.1 Å². The number of hydrogen-bond donors (Lipinski definition) is 1. The molecule has 0 amide bonds. The van der Waals surface area contributed by atoms with Crippen LogP contribution in [0.1, 0.15) is 18.1 Å². The molecule has 2 aliphatic rings. The molecule has 2 atom stereocenters. The molecule has 1 saturated heterocycles. The van der Waals surface area contributed by atoms with Crippen molar-refractivity contribution in [2.75, 3.05) is 38.7 Å². The van der Waals surface area contributed by atoms with Gasteiger partial charge in [-0.05, 0) is 24.5 Å². The van der Waals surface area contributed by atoms with Crippen molar-refractivity contribution in [2.24, 2.45) is 0 Å². The number of ether oxygens (including phenoxy) is 2. The zero-order valence-corrected chi connectivity index (χ0v) is 13.6. The van der Waals surface area contributed by atoms with Crippen LogP contribution in [-0.2, 0) is 22.4 Å². The first-order valence-electron chi connectivity index (χ1n) is 7.47. The number of fused-ring (bicyclic) bond motifs is 1. The van der Waals surface area contributed by atoms with Crippen LogP contribution in [0.3, 0.4) is 0 Å². The lowest BCUT2D eigenvalue weighted by Crippen LogP contribution is -2.47. The van der Waals surface area contributed by atoms with Crippen molar-refractivity contribution < 1.29 is 9.47 Å². The summed E-state index contributed by atoms with van der Waals surface area (Å²) in [5, 5.41) is 3.52. The van der Waals surface area contributed by atoms with Crippen LogP contribution in [0.5, 0.6) is 0 Å². The fourth-order valence-corrected chi connectivity index (χ4v) is 3.33. The van der Waals surface area contributed by atoms with Gasteiger partial charge in [-0.2, -0.15) is 0 Å². The zero-order chi connectivity index (χ0) is 13.9. The molecule has 1 fully saturated rings. The van der Waals surface area contributed by atoms with Crippen molar-refractivity contribution in [3.63, 3.8) is 0 Å². The van der Waals surface area contributed by atoms with E-state index in [9.17, 15) is 0 Å². The first-order valence-corrected chi connectivity index (χ1v) is 7.47. The maximum atomic E-state index is 5.90. The second kappa shape index (κ2) is 7.45. The Labute approximate surface area is 133 Å². The maximum Gasteiger partial charge on any atom is 0.0939 e. The monoisotopic (exact) mass is 312 g/mol. The molecule has 2 unspecified atom stereocenters. The Hall–Kier alpha value is -0.810. The molecule has 1 aromatic carbocycles. The van der Waals surface area contributed by atoms with Gasteiger partial charge in [-0.15, -0.1) is 12.4 Å². The van der Waals surface area contributed by atoms with E-state index >= 15 is 0 Å². The Kier molecular flexibility index (Phi) is 5.88. The molecule has 2 aliphatic heterocycles. The summed E-state index contributed by atoms with van der Waals surface area (Å²) < 4.78 is 11.1. The third-order valence-corrected chi connectivity index (χ3v) is 4.08. The van der Waals surface area contributed by atoms with Gasteiger partial charge in [-0.3, -0.25) is 4.90 Å². The lowest BCUT2D eigenvalue weighted by Gasteiger charge is -2.36. The zero-order valence-electron chi connectivity index (χ0n) is 12.8. The highest BCUT2D eigenvalue weighted by Crippen LogP contribution is 2.28. The van der Waals surface area contributed by atoms with Crippen molar-refractivity contribution >= 4 is 18.1 Å². The van der Waals surface area contributed by atoms with Crippen LogP contribution in [0.2, 0.25) is 0 Å². The highest BCUT2D eigenvalue weighted by molar-refractivity contribution is 5.85. The average molecular weight is 313 g/mol. The predicted molar refractivity (Wildman–Crippen MR) is 87.4 cm³/mol. The van der Waals surface area contributed by atoms with Crippen molar-refractivity contribution in [1.82, 2.24) is 4.90 Å². The van der Waals surface area contributed by atoms with Gasteiger partial charge < -0.3 is 14.8 Å². The van der Waals surface area contributed by atoms with E-state index in [1.54, 1.807) is 7.11 Å². The van der Waals surface area contributed by atoms with Gasteiger partial charge in [0.25, 0.3) is 0 Å². The number of methoxy groups -OCH3 is 1. The molecule has 0 aromatic heterocycles. The van der Waals surface area contributed by atoms with Crippen molar-refractivity contribution in [1.29, 1.82) is 0 Å². The van der Waals surface area contributed by atoms with Gasteiger partial charge in [0.1, 0.15) is 0 Å². The smallest absolute Gasteiger partial charge is 0.0939 e. The van der Waals surface area contributed by atoms with Crippen LogP contribution in [0.15, 0.2) is 18.2 Å². The molecule has 0 spiro atoms. The summed E-state index contributed by atoms with van der Waals surface area (Å²) in [6.07, 6.45) is 1.61. The largest absolute Gasteiger partial charge is 0.384 e. The lowest BCUT2D eigenvalue weighted by molar-refractivity contribution is -0.103. The molecule has 0 aliphatic carbocycles. The fraction of sp³-hybridized carbons (Fsp3) is 0.625. The van der Waals surface area contributed by atoms with Crippen molar-refractivity contribution in [3.8, 4) is 0 Å². The van der Waals surface area contributed by atoms with Crippen LogP contribution in [0.25, 0.3) is 0 Å². The Morgan fingerprint density at radius 3 is 3.05 bits per heavy atom. The first-order chi connectivity index (χ1) is 9.76. The standard InChI is InChI=1S/C16H24N2O2.ClH/c1-12-8-18(10-15(20-12)11-19-2)9-14-5-3-4-13-6-7-17-16(13)14;/h3-5,12,15,17H,6-11H2,1-2H3;1H. The molecule has 118 valence electrons. The molecular weight excluding hydrogens is 288 g/mol. The Balaban J connectivity index is 0.00000161. The minimum atomic E-state index is 0. The van der Waals surface area contributed by atoms with Gasteiger partial charge in [0, 0.05) is 39.0 Å². The predicted octanol–water partition coefficient (Wildman–Crippen LogP) is 2.31. The summed E-state index contributed by atoms with van der Waals surface area (Å²) in [4.78, 5) is 2.48. The van der Waals surface area contributed by atoms with E-state index in [2.05, 4.69) is 35.3 Å². The van der Waals surface area contributed by atoms with Gasteiger partial charge in [-0.25, -0.2) is 0 Å². The number of halogens is 1. The summed E-state index contributed by atoms with van der Waals surface area (Å²) in [6, 6.07) is 6.65. The first kappa shape index (κ1) is 16.6. The van der Waals surface area contributed by atoms with Gasteiger partial charge >= 0.3 is 0 Å². The topological polar surface area (TPSA) is 33.7 Å². The van der Waals surface area contributed by atoms with E-state index in [-0.39, 0.29) is 24.6 Å². The maximum absolute atomic E-state index is 5.90. The summed E-state index contributed by atoms with van der Waals surface area (Å²) in [6.45, 7) is 6.81. The van der Waals surface area contributed by atoms with Crippen LogP contribution < -0.4 is 5.32 Å². The lowest BCUT2D eigenvalue weighted by atomic mass is 10.1. The van der Waals surface area contributed by atoms with Gasteiger partial charge in [0.2, 0.25) is 0 Å². The molecule has 4 nitrogen and oxygen atoms in total. The fourth-order valence-electron chi connectivity index (χ4n) is 3.33. The van der Waals surface area contributed by atoms with Gasteiger partial charge in [0.05, 0.1) is 18.8 Å². The summed E-state index contributed by atoms with van der Waals surface area (Å²) in [5.74, 6) is 0. The van der Waals surface area contributed by atoms with E-state index in [1.807, 2.05) is 0 Å². The minimum absolute atomic E-state index is 0. The van der Waals surface area contributed by atoms with Crippen LogP contribution in [-0.4, -0.2) is 50.5 Å². The molecule has 21 heavy (non-hydrogen) atoms. The van der Waals surface area contributed by atoms with Gasteiger partial charge in [-0.1, -0.05) is 18.2 Å². The number of nitrogens with one attached hydrogen (secondary N) is 1. The number of benzene rings is 1. The molecule has 0 bridgehead atoms. The molecule has 5 heteroatoms. The minimum Gasteiger partial charge on any atom is -0.384 e. The van der Waals surface area contributed by atoms with E-state index in [1.165, 1.54) is 16.8 Å². The normalized spacial score (nSPS) is 25.0. The number of nitrogens with zero attached hydrogens (tertiary/aromatic N) is 1. The molecule has 1 aromatic rings. The molecular formula is C16H25ClN2O2. The van der Waals surface area contributed by atoms with E-state index in [0.717, 1.165) is 32.6 Å². The second-order valence-electron chi connectivity index (χ2n) is 5.85. The SMILES string of the molecule is COCC1CN(Cc2cccc3c2NCC3)CC(C)O1.Cl. The highest BCUT2D eigenvalue weighted by atomic mass is 35.5. The van der Waals surface area contributed by atoms with E-state index < -0.39 is 0 Å². The Bertz CT molecular complexity index is 470. The molecule has 0 radical (unpaired) electrons. The summed E-state index contributed by atoms with van der Waals surface area (Å²) in [5.41, 5.74) is 4.22. The molecule has 1 N–H and O–H groups in total. The second-order valence-corrected chi connectivity index (χ2v) is 5.85. The number of hydrogen-bond acceptors (Lipinski definition) is 4. The van der Waals surface area contributed by atoms with E-state index in [4.69, 9.17) is 9.47 Å².